The van der Waals surface area contributed by atoms with Crippen molar-refractivity contribution in [1.82, 2.24) is 4.90 Å². The van der Waals surface area contributed by atoms with E-state index in [0.717, 1.165) is 48.8 Å². The van der Waals surface area contributed by atoms with E-state index in [-0.39, 0.29) is 12.4 Å². The van der Waals surface area contributed by atoms with Gasteiger partial charge in [-0.2, -0.15) is 0 Å². The number of unbranched alkanes of at least 4 members (excludes halogenated alkanes) is 2. The third kappa shape index (κ3) is 7.17. The number of aliphatic hydroxyl groups is 1. The first-order valence-corrected chi connectivity index (χ1v) is 8.01. The van der Waals surface area contributed by atoms with Crippen molar-refractivity contribution in [1.29, 1.82) is 0 Å². The van der Waals surface area contributed by atoms with Gasteiger partial charge in [-0.05, 0) is 58.0 Å². The fraction of sp³-hybridized carbons (Fsp3) is 0.562. The summed E-state index contributed by atoms with van der Waals surface area (Å²) in [6.07, 6.45) is 4.56. The minimum Gasteiger partial charge on any atom is -0.396 e. The second-order valence-corrected chi connectivity index (χ2v) is 6.04. The molecule has 0 radical (unpaired) electrons. The molecule has 1 N–H and O–H groups in total. The lowest BCUT2D eigenvalue weighted by Crippen LogP contribution is -2.21. The smallest absolute Gasteiger partial charge is 0.162 e. The van der Waals surface area contributed by atoms with Crippen molar-refractivity contribution in [3.8, 4) is 0 Å². The second kappa shape index (κ2) is 10.1. The average molecular weight is 342 g/mol. The molecule has 0 atom stereocenters. The van der Waals surface area contributed by atoms with Crippen LogP contribution in [0.4, 0.5) is 0 Å². The molecule has 1 aromatic carbocycles. The Bertz CT molecular complexity index is 392. The molecule has 1 rings (SSSR count). The van der Waals surface area contributed by atoms with Crippen molar-refractivity contribution >= 4 is 21.7 Å². The Labute approximate surface area is 130 Å². The van der Waals surface area contributed by atoms with Gasteiger partial charge in [0.25, 0.3) is 0 Å². The van der Waals surface area contributed by atoms with Gasteiger partial charge in [0.1, 0.15) is 0 Å². The maximum Gasteiger partial charge on any atom is 0.162 e. The molecule has 0 aliphatic rings. The average Bonchev–Trinajstić information content (AvgIpc) is 2.44. The fourth-order valence-corrected chi connectivity index (χ4v) is 2.34. The highest BCUT2D eigenvalue weighted by atomic mass is 79.9. The molecule has 1 aromatic rings. The van der Waals surface area contributed by atoms with Crippen molar-refractivity contribution in [2.75, 3.05) is 26.7 Å². The van der Waals surface area contributed by atoms with Crippen LogP contribution in [0.25, 0.3) is 0 Å². The largest absolute Gasteiger partial charge is 0.396 e. The summed E-state index contributed by atoms with van der Waals surface area (Å²) in [6, 6.07) is 7.54. The number of carbonyl (C=O) groups excluding carboxylic acids is 1. The SMILES string of the molecule is CN(CCCCCO)CCCC(=O)c1ccc(Br)cc1. The Hall–Kier alpha value is -0.710. The predicted molar refractivity (Wildman–Crippen MR) is 86.1 cm³/mol. The predicted octanol–water partition coefficient (Wildman–Crippen LogP) is 3.51. The van der Waals surface area contributed by atoms with Gasteiger partial charge in [-0.25, -0.2) is 0 Å². The number of benzene rings is 1. The summed E-state index contributed by atoms with van der Waals surface area (Å²) in [7, 11) is 2.09. The number of ketones is 1. The van der Waals surface area contributed by atoms with E-state index in [1.165, 1.54) is 0 Å². The minimum atomic E-state index is 0.214. The van der Waals surface area contributed by atoms with Crippen molar-refractivity contribution < 1.29 is 9.90 Å². The Morgan fingerprint density at radius 3 is 2.40 bits per heavy atom. The highest BCUT2D eigenvalue weighted by Gasteiger charge is 2.06. The van der Waals surface area contributed by atoms with Crippen LogP contribution in [0.1, 0.15) is 42.5 Å². The topological polar surface area (TPSA) is 40.5 Å². The van der Waals surface area contributed by atoms with Crippen LogP contribution in [0, 0.1) is 0 Å². The molecule has 0 amide bonds. The molecule has 0 saturated heterocycles. The molecule has 0 aliphatic carbocycles. The molecule has 0 unspecified atom stereocenters. The number of aliphatic hydroxyl groups excluding tert-OH is 1. The molecule has 3 nitrogen and oxygen atoms in total. The van der Waals surface area contributed by atoms with Crippen LogP contribution in [0.5, 0.6) is 0 Å². The third-order valence-corrected chi connectivity index (χ3v) is 3.84. The van der Waals surface area contributed by atoms with Gasteiger partial charge in [-0.3, -0.25) is 4.79 Å². The zero-order valence-corrected chi connectivity index (χ0v) is 13.7. The first kappa shape index (κ1) is 17.3. The van der Waals surface area contributed by atoms with E-state index in [0.29, 0.717) is 6.42 Å². The quantitative estimate of drug-likeness (QED) is 0.523. The monoisotopic (exact) mass is 341 g/mol. The van der Waals surface area contributed by atoms with Crippen LogP contribution in [0.15, 0.2) is 28.7 Å². The summed E-state index contributed by atoms with van der Waals surface area (Å²) in [5, 5.41) is 8.71. The van der Waals surface area contributed by atoms with Gasteiger partial charge >= 0.3 is 0 Å². The maximum absolute atomic E-state index is 12.0. The van der Waals surface area contributed by atoms with Crippen molar-refractivity contribution in [2.45, 2.75) is 32.1 Å². The van der Waals surface area contributed by atoms with E-state index in [1.807, 2.05) is 24.3 Å². The molecule has 0 aromatic heterocycles. The summed E-state index contributed by atoms with van der Waals surface area (Å²) in [5.41, 5.74) is 0.791. The van der Waals surface area contributed by atoms with Crippen LogP contribution in [-0.4, -0.2) is 42.5 Å². The second-order valence-electron chi connectivity index (χ2n) is 5.12. The van der Waals surface area contributed by atoms with Gasteiger partial charge in [0.2, 0.25) is 0 Å². The van der Waals surface area contributed by atoms with E-state index >= 15 is 0 Å². The van der Waals surface area contributed by atoms with Gasteiger partial charge in [0.05, 0.1) is 0 Å². The Morgan fingerprint density at radius 2 is 1.75 bits per heavy atom. The molecule has 0 fully saturated rings. The molecule has 20 heavy (non-hydrogen) atoms. The highest BCUT2D eigenvalue weighted by molar-refractivity contribution is 9.10. The minimum absolute atomic E-state index is 0.214. The molecule has 0 saturated carbocycles. The number of nitrogens with zero attached hydrogens (tertiary/aromatic N) is 1. The zero-order valence-electron chi connectivity index (χ0n) is 12.1. The van der Waals surface area contributed by atoms with Crippen LogP contribution >= 0.6 is 15.9 Å². The van der Waals surface area contributed by atoms with Crippen molar-refractivity contribution in [3.05, 3.63) is 34.3 Å². The summed E-state index contributed by atoms with van der Waals surface area (Å²) in [6.45, 7) is 2.26. The van der Waals surface area contributed by atoms with Crippen LogP contribution < -0.4 is 0 Å². The summed E-state index contributed by atoms with van der Waals surface area (Å²) < 4.78 is 0.997. The van der Waals surface area contributed by atoms with Gasteiger partial charge in [-0.1, -0.05) is 28.1 Å². The lowest BCUT2D eigenvalue weighted by molar-refractivity contribution is 0.0976. The van der Waals surface area contributed by atoms with Crippen LogP contribution in [0.2, 0.25) is 0 Å². The number of carbonyl (C=O) groups is 1. The zero-order chi connectivity index (χ0) is 14.8. The van der Waals surface area contributed by atoms with Crippen molar-refractivity contribution in [3.63, 3.8) is 0 Å². The van der Waals surface area contributed by atoms with E-state index < -0.39 is 0 Å². The molecule has 0 spiro atoms. The number of halogens is 1. The van der Waals surface area contributed by atoms with Gasteiger partial charge < -0.3 is 10.0 Å². The van der Waals surface area contributed by atoms with Crippen molar-refractivity contribution in [2.24, 2.45) is 0 Å². The first-order valence-electron chi connectivity index (χ1n) is 7.21. The van der Waals surface area contributed by atoms with E-state index in [9.17, 15) is 4.79 Å². The molecular weight excluding hydrogens is 318 g/mol. The molecule has 4 heteroatoms. The number of hydrogen-bond acceptors (Lipinski definition) is 3. The molecule has 0 bridgehead atoms. The van der Waals surface area contributed by atoms with Gasteiger partial charge in [0.15, 0.2) is 5.78 Å². The normalized spacial score (nSPS) is 11.0. The summed E-state index contributed by atoms with van der Waals surface area (Å²) in [5.74, 6) is 0.214. The summed E-state index contributed by atoms with van der Waals surface area (Å²) >= 11 is 3.37. The number of hydrogen-bond donors (Lipinski definition) is 1. The number of rotatable bonds is 10. The maximum atomic E-state index is 12.0. The van der Waals surface area contributed by atoms with Crippen LogP contribution in [-0.2, 0) is 0 Å². The van der Waals surface area contributed by atoms with E-state index in [2.05, 4.69) is 27.9 Å². The number of Topliss-reactive ketones (excluding diaryl/α,β-unsaturated/α-hetero) is 1. The molecule has 0 heterocycles. The lowest BCUT2D eigenvalue weighted by atomic mass is 10.1. The van der Waals surface area contributed by atoms with Gasteiger partial charge in [0, 0.05) is 23.1 Å². The molecule has 112 valence electrons. The highest BCUT2D eigenvalue weighted by Crippen LogP contribution is 2.12. The van der Waals surface area contributed by atoms with Crippen LogP contribution in [0.3, 0.4) is 0 Å². The Morgan fingerprint density at radius 1 is 1.10 bits per heavy atom. The van der Waals surface area contributed by atoms with E-state index in [1.54, 1.807) is 0 Å². The molecular formula is C16H24BrNO2. The van der Waals surface area contributed by atoms with Gasteiger partial charge in [-0.15, -0.1) is 0 Å². The standard InChI is InChI=1S/C16H24BrNO2/c1-18(11-3-2-4-13-19)12-5-6-16(20)14-7-9-15(17)10-8-14/h7-10,19H,2-6,11-13H2,1H3. The fourth-order valence-electron chi connectivity index (χ4n) is 2.07. The summed E-state index contributed by atoms with van der Waals surface area (Å²) in [4.78, 5) is 14.2. The molecule has 0 aliphatic heterocycles. The van der Waals surface area contributed by atoms with E-state index in [4.69, 9.17) is 5.11 Å². The first-order chi connectivity index (χ1) is 9.63. The lowest BCUT2D eigenvalue weighted by Gasteiger charge is -2.15. The third-order valence-electron chi connectivity index (χ3n) is 3.31. The Kier molecular flexibility index (Phi) is 8.74. The Balaban J connectivity index is 2.16.